The van der Waals surface area contributed by atoms with E-state index >= 15 is 0 Å². The molecule has 2 amide bonds. The Morgan fingerprint density at radius 2 is 1.72 bits per heavy atom. The first-order chi connectivity index (χ1) is 15.5. The summed E-state index contributed by atoms with van der Waals surface area (Å²) in [6.07, 6.45) is 3.99. The van der Waals surface area contributed by atoms with E-state index in [4.69, 9.17) is 12.2 Å². The summed E-state index contributed by atoms with van der Waals surface area (Å²) >= 11 is 5.62. The number of anilines is 2. The van der Waals surface area contributed by atoms with Crippen LogP contribution in [0.1, 0.15) is 12.0 Å². The molecule has 1 aromatic heterocycles. The summed E-state index contributed by atoms with van der Waals surface area (Å²) in [6, 6.07) is 17.7. The van der Waals surface area contributed by atoms with Crippen molar-refractivity contribution in [2.24, 2.45) is 0 Å². The van der Waals surface area contributed by atoms with Crippen LogP contribution in [-0.2, 0) is 16.0 Å². The second-order valence-electron chi connectivity index (χ2n) is 7.37. The highest BCUT2D eigenvalue weighted by Gasteiger charge is 2.43. The molecule has 1 unspecified atom stereocenters. The first kappa shape index (κ1) is 21.6. The minimum atomic E-state index is -0.752. The van der Waals surface area contributed by atoms with Crippen LogP contribution in [-0.4, -0.2) is 39.4 Å². The predicted octanol–water partition coefficient (Wildman–Crippen LogP) is 3.79. The van der Waals surface area contributed by atoms with Crippen molar-refractivity contribution in [2.45, 2.75) is 18.9 Å². The van der Waals surface area contributed by atoms with E-state index in [1.807, 2.05) is 30.3 Å². The number of carbonyl (C=O) groups excluding carboxylic acids is 2. The molecule has 8 heteroatoms. The average molecular weight is 449 g/mol. The van der Waals surface area contributed by atoms with Crippen LogP contribution in [0.2, 0.25) is 0 Å². The van der Waals surface area contributed by atoms with E-state index < -0.39 is 11.9 Å². The fourth-order valence-electron chi connectivity index (χ4n) is 3.62. The van der Waals surface area contributed by atoms with Gasteiger partial charge in [-0.25, -0.2) is 4.39 Å². The van der Waals surface area contributed by atoms with Crippen LogP contribution < -0.4 is 10.2 Å². The van der Waals surface area contributed by atoms with Gasteiger partial charge in [0.2, 0.25) is 5.91 Å². The van der Waals surface area contributed by atoms with Gasteiger partial charge in [-0.1, -0.05) is 18.2 Å². The third-order valence-corrected chi connectivity index (χ3v) is 5.65. The summed E-state index contributed by atoms with van der Waals surface area (Å²) in [6.45, 7) is 0.454. The summed E-state index contributed by atoms with van der Waals surface area (Å²) in [4.78, 5) is 33.2. The molecule has 0 aliphatic carbocycles. The van der Waals surface area contributed by atoms with Gasteiger partial charge in [-0.05, 0) is 72.7 Å². The van der Waals surface area contributed by atoms with Crippen molar-refractivity contribution in [1.29, 1.82) is 0 Å². The van der Waals surface area contributed by atoms with Gasteiger partial charge in [-0.3, -0.25) is 19.5 Å². The van der Waals surface area contributed by atoms with Crippen LogP contribution >= 0.6 is 12.2 Å². The number of amides is 2. The van der Waals surface area contributed by atoms with Crippen LogP contribution in [0, 0.1) is 5.82 Å². The maximum atomic E-state index is 13.4. The SMILES string of the molecule is O=C(CC1C(=O)N(c2ccc(F)cc2)C(=S)N1CCc1ccncc1)Nc1ccccc1. The largest absolute Gasteiger partial charge is 0.336 e. The summed E-state index contributed by atoms with van der Waals surface area (Å²) < 4.78 is 13.4. The van der Waals surface area contributed by atoms with Crippen molar-refractivity contribution >= 4 is 40.5 Å². The predicted molar refractivity (Wildman–Crippen MR) is 125 cm³/mol. The standard InChI is InChI=1S/C24H21FN4O2S/c25-18-6-8-20(9-7-18)29-23(31)21(16-22(30)27-19-4-2-1-3-5-19)28(24(29)32)15-12-17-10-13-26-14-11-17/h1-11,13-14,21H,12,15-16H2,(H,27,30). The lowest BCUT2D eigenvalue weighted by atomic mass is 10.1. The van der Waals surface area contributed by atoms with Crippen LogP contribution in [0.5, 0.6) is 0 Å². The van der Waals surface area contributed by atoms with Crippen LogP contribution in [0.3, 0.4) is 0 Å². The van der Waals surface area contributed by atoms with Crippen LogP contribution in [0.25, 0.3) is 0 Å². The van der Waals surface area contributed by atoms with E-state index in [9.17, 15) is 14.0 Å². The summed E-state index contributed by atoms with van der Waals surface area (Å²) in [5, 5.41) is 3.12. The zero-order valence-electron chi connectivity index (χ0n) is 17.1. The fraction of sp³-hybridized carbons (Fsp3) is 0.167. The van der Waals surface area contributed by atoms with Crippen molar-refractivity contribution in [1.82, 2.24) is 9.88 Å². The number of para-hydroxylation sites is 1. The Hall–Kier alpha value is -3.65. The molecule has 1 saturated heterocycles. The third-order valence-electron chi connectivity index (χ3n) is 5.23. The van der Waals surface area contributed by atoms with Crippen molar-refractivity contribution in [2.75, 3.05) is 16.8 Å². The number of carbonyl (C=O) groups is 2. The second kappa shape index (κ2) is 9.65. The van der Waals surface area contributed by atoms with Gasteiger partial charge in [0.25, 0.3) is 5.91 Å². The first-order valence-corrected chi connectivity index (χ1v) is 10.6. The molecule has 32 heavy (non-hydrogen) atoms. The van der Waals surface area contributed by atoms with E-state index in [0.717, 1.165) is 5.56 Å². The van der Waals surface area contributed by atoms with E-state index in [1.54, 1.807) is 29.4 Å². The smallest absolute Gasteiger partial charge is 0.256 e. The molecule has 4 rings (SSSR count). The van der Waals surface area contributed by atoms with Crippen molar-refractivity contribution in [3.63, 3.8) is 0 Å². The molecule has 0 spiro atoms. The molecule has 162 valence electrons. The fourth-order valence-corrected chi connectivity index (χ4v) is 4.04. The Bertz CT molecular complexity index is 1110. The van der Waals surface area contributed by atoms with Gasteiger partial charge in [0.1, 0.15) is 11.9 Å². The molecule has 0 saturated carbocycles. The van der Waals surface area contributed by atoms with Gasteiger partial charge in [0.15, 0.2) is 5.11 Å². The molecule has 1 fully saturated rings. The first-order valence-electron chi connectivity index (χ1n) is 10.2. The van der Waals surface area contributed by atoms with Gasteiger partial charge in [0, 0.05) is 24.6 Å². The second-order valence-corrected chi connectivity index (χ2v) is 7.73. The highest BCUT2D eigenvalue weighted by Crippen LogP contribution is 2.28. The lowest BCUT2D eigenvalue weighted by Gasteiger charge is -2.24. The number of hydrogen-bond acceptors (Lipinski definition) is 4. The Kier molecular flexibility index (Phi) is 6.51. The minimum Gasteiger partial charge on any atom is -0.336 e. The number of nitrogens with zero attached hydrogens (tertiary/aromatic N) is 3. The summed E-state index contributed by atoms with van der Waals surface area (Å²) in [5.74, 6) is -0.994. The summed E-state index contributed by atoms with van der Waals surface area (Å²) in [5.41, 5.74) is 2.17. The highest BCUT2D eigenvalue weighted by atomic mass is 32.1. The minimum absolute atomic E-state index is 0.0537. The molecule has 2 aromatic carbocycles. The number of nitrogens with one attached hydrogen (secondary N) is 1. The zero-order valence-corrected chi connectivity index (χ0v) is 18.0. The van der Waals surface area contributed by atoms with Gasteiger partial charge < -0.3 is 10.2 Å². The number of aromatic nitrogens is 1. The number of hydrogen-bond donors (Lipinski definition) is 1. The van der Waals surface area contributed by atoms with E-state index in [2.05, 4.69) is 10.3 Å². The Morgan fingerprint density at radius 1 is 1.03 bits per heavy atom. The number of halogens is 1. The van der Waals surface area contributed by atoms with Gasteiger partial charge in [0.05, 0.1) is 12.1 Å². The van der Waals surface area contributed by atoms with E-state index in [1.165, 1.54) is 29.2 Å². The molecule has 2 heterocycles. The Balaban J connectivity index is 1.56. The van der Waals surface area contributed by atoms with Crippen molar-refractivity contribution in [3.8, 4) is 0 Å². The average Bonchev–Trinajstić information content (AvgIpc) is 3.03. The van der Waals surface area contributed by atoms with Gasteiger partial charge in [-0.2, -0.15) is 0 Å². The molecule has 1 atom stereocenters. The topological polar surface area (TPSA) is 65.5 Å². The van der Waals surface area contributed by atoms with E-state index in [-0.39, 0.29) is 18.2 Å². The van der Waals surface area contributed by atoms with Gasteiger partial charge in [-0.15, -0.1) is 0 Å². The number of thiocarbonyl (C=S) groups is 1. The molecule has 6 nitrogen and oxygen atoms in total. The zero-order chi connectivity index (χ0) is 22.5. The molecule has 1 aliphatic heterocycles. The van der Waals surface area contributed by atoms with Gasteiger partial charge >= 0.3 is 0 Å². The Labute approximate surface area is 190 Å². The summed E-state index contributed by atoms with van der Waals surface area (Å²) in [7, 11) is 0. The maximum absolute atomic E-state index is 13.4. The molecular weight excluding hydrogens is 427 g/mol. The Morgan fingerprint density at radius 3 is 2.41 bits per heavy atom. The molecule has 1 N–H and O–H groups in total. The molecular formula is C24H21FN4O2S. The van der Waals surface area contributed by atoms with Crippen LogP contribution in [0.15, 0.2) is 79.1 Å². The maximum Gasteiger partial charge on any atom is 0.256 e. The number of rotatable bonds is 7. The number of benzene rings is 2. The third kappa shape index (κ3) is 4.81. The highest BCUT2D eigenvalue weighted by molar-refractivity contribution is 7.80. The van der Waals surface area contributed by atoms with Crippen molar-refractivity contribution in [3.05, 3.63) is 90.5 Å². The molecule has 0 radical (unpaired) electrons. The molecule has 1 aliphatic rings. The quantitative estimate of drug-likeness (QED) is 0.557. The number of pyridine rings is 1. The lowest BCUT2D eigenvalue weighted by Crippen LogP contribution is -2.39. The molecule has 3 aromatic rings. The molecule has 0 bridgehead atoms. The normalized spacial score (nSPS) is 15.8. The van der Waals surface area contributed by atoms with Crippen LogP contribution in [0.4, 0.5) is 15.8 Å². The lowest BCUT2D eigenvalue weighted by molar-refractivity contribution is -0.124. The monoisotopic (exact) mass is 448 g/mol. The van der Waals surface area contributed by atoms with E-state index in [0.29, 0.717) is 29.5 Å². The van der Waals surface area contributed by atoms with Crippen molar-refractivity contribution < 1.29 is 14.0 Å².